The van der Waals surface area contributed by atoms with Crippen LogP contribution in [0.15, 0.2) is 29.2 Å². The molecule has 0 N–H and O–H groups in total. The Kier molecular flexibility index (Phi) is 2.90. The third kappa shape index (κ3) is 2.19. The summed E-state index contributed by atoms with van der Waals surface area (Å²) in [5.41, 5.74) is 0. The highest BCUT2D eigenvalue weighted by Crippen LogP contribution is 2.18. The predicted molar refractivity (Wildman–Crippen MR) is 45.6 cm³/mol. The predicted octanol–water partition coefficient (Wildman–Crippen LogP) is 1.07. The Morgan fingerprint density at radius 3 is 2.62 bits per heavy atom. The summed E-state index contributed by atoms with van der Waals surface area (Å²) in [6, 6.07) is 5.84. The summed E-state index contributed by atoms with van der Waals surface area (Å²) in [5, 5.41) is 0. The molecule has 0 saturated heterocycles. The van der Waals surface area contributed by atoms with E-state index >= 15 is 0 Å². The van der Waals surface area contributed by atoms with E-state index in [1.165, 1.54) is 25.3 Å². The zero-order valence-corrected chi connectivity index (χ0v) is 7.74. The van der Waals surface area contributed by atoms with Crippen molar-refractivity contribution in [2.75, 3.05) is 7.11 Å². The lowest BCUT2D eigenvalue weighted by Crippen LogP contribution is -2.01. The molecule has 0 saturated carbocycles. The molecule has 1 aromatic carbocycles. The molecule has 0 atom stereocenters. The first-order valence-corrected chi connectivity index (χ1v) is 4.78. The highest BCUT2D eigenvalue weighted by atomic mass is 32.2. The summed E-state index contributed by atoms with van der Waals surface area (Å²) in [6.45, 7) is 0. The van der Waals surface area contributed by atoms with E-state index in [0.29, 0.717) is 5.75 Å². The van der Waals surface area contributed by atoms with Crippen LogP contribution < -0.4 is 4.74 Å². The minimum Gasteiger partial charge on any atom is -0.497 e. The van der Waals surface area contributed by atoms with Crippen LogP contribution in [0.2, 0.25) is 0 Å². The van der Waals surface area contributed by atoms with Crippen molar-refractivity contribution in [2.24, 2.45) is 0 Å². The summed E-state index contributed by atoms with van der Waals surface area (Å²) >= 11 is 0. The second-order valence-corrected chi connectivity index (χ2v) is 3.80. The first-order valence-electron chi connectivity index (χ1n) is 3.37. The molecule has 1 rings (SSSR count). The molecule has 2 radical (unpaired) electrons. The Bertz CT molecular complexity index is 383. The molecule has 4 nitrogen and oxygen atoms in total. The molecule has 0 aliphatic heterocycles. The summed E-state index contributed by atoms with van der Waals surface area (Å²) in [5.74, 6) is 0.429. The van der Waals surface area contributed by atoms with Crippen molar-refractivity contribution < 1.29 is 17.3 Å². The highest BCUT2D eigenvalue weighted by Gasteiger charge is 2.13. The fraction of sp³-hybridized carbons (Fsp3) is 0.125. The zero-order valence-electron chi connectivity index (χ0n) is 6.93. The van der Waals surface area contributed by atoms with Gasteiger partial charge in [-0.3, -0.25) is 4.18 Å². The Labute approximate surface area is 77.2 Å². The van der Waals surface area contributed by atoms with E-state index in [1.54, 1.807) is 6.07 Å². The van der Waals surface area contributed by atoms with Crippen LogP contribution in [0.4, 0.5) is 0 Å². The summed E-state index contributed by atoms with van der Waals surface area (Å²) < 4.78 is 30.8. The van der Waals surface area contributed by atoms with Crippen molar-refractivity contribution >= 4 is 10.1 Å². The number of hydrogen-bond donors (Lipinski definition) is 0. The van der Waals surface area contributed by atoms with Crippen LogP contribution in [0.25, 0.3) is 0 Å². The van der Waals surface area contributed by atoms with Crippen LogP contribution >= 0.6 is 0 Å². The Balaban J connectivity index is 3.17. The molecule has 0 unspecified atom stereocenters. The fourth-order valence-corrected chi connectivity index (χ4v) is 1.43. The summed E-state index contributed by atoms with van der Waals surface area (Å²) in [4.78, 5) is -0.0330. The average molecular weight is 200 g/mol. The SMILES string of the molecule is [CH]OS(=O)(=O)c1cccc(OC)c1. The second kappa shape index (κ2) is 3.76. The van der Waals surface area contributed by atoms with E-state index < -0.39 is 10.1 Å². The Morgan fingerprint density at radius 1 is 1.38 bits per heavy atom. The van der Waals surface area contributed by atoms with Gasteiger partial charge in [-0.1, -0.05) is 6.07 Å². The van der Waals surface area contributed by atoms with E-state index in [9.17, 15) is 8.42 Å². The van der Waals surface area contributed by atoms with Crippen LogP contribution in [0.3, 0.4) is 0 Å². The molecule has 0 aliphatic rings. The summed E-state index contributed by atoms with van der Waals surface area (Å²) in [7, 11) is 2.21. The quantitative estimate of drug-likeness (QED) is 0.685. The minimum absolute atomic E-state index is 0.0330. The van der Waals surface area contributed by atoms with Gasteiger partial charge in [-0.15, -0.1) is 0 Å². The van der Waals surface area contributed by atoms with Gasteiger partial charge in [0.2, 0.25) is 0 Å². The molecule has 0 bridgehead atoms. The first kappa shape index (κ1) is 10.0. The number of benzene rings is 1. The van der Waals surface area contributed by atoms with Crippen LogP contribution in [-0.2, 0) is 14.3 Å². The number of methoxy groups -OCH3 is 1. The number of ether oxygens (including phenoxy) is 1. The van der Waals surface area contributed by atoms with Crippen molar-refractivity contribution in [2.45, 2.75) is 4.90 Å². The van der Waals surface area contributed by atoms with Crippen LogP contribution in [0.1, 0.15) is 0 Å². The molecule has 70 valence electrons. The molecule has 0 amide bonds. The third-order valence-electron chi connectivity index (χ3n) is 1.46. The highest BCUT2D eigenvalue weighted by molar-refractivity contribution is 7.86. The molecular formula is C8H8O4S. The van der Waals surface area contributed by atoms with Gasteiger partial charge in [0.15, 0.2) is 0 Å². The maximum atomic E-state index is 11.1. The molecule has 1 aromatic rings. The van der Waals surface area contributed by atoms with Gasteiger partial charge in [-0.25, -0.2) is 0 Å². The van der Waals surface area contributed by atoms with Crippen LogP contribution in [0.5, 0.6) is 5.75 Å². The first-order chi connectivity index (χ1) is 6.10. The molecule has 0 aliphatic carbocycles. The lowest BCUT2D eigenvalue weighted by atomic mass is 10.3. The van der Waals surface area contributed by atoms with Crippen molar-refractivity contribution in [3.05, 3.63) is 31.4 Å². The minimum atomic E-state index is -3.83. The molecule has 0 fully saturated rings. The lowest BCUT2D eigenvalue weighted by Gasteiger charge is -2.02. The Morgan fingerprint density at radius 2 is 2.08 bits per heavy atom. The van der Waals surface area contributed by atoms with Crippen molar-refractivity contribution in [3.8, 4) is 5.75 Å². The van der Waals surface area contributed by atoms with Gasteiger partial charge in [-0.2, -0.15) is 8.42 Å². The Hall–Kier alpha value is -1.07. The maximum Gasteiger partial charge on any atom is 0.297 e. The van der Waals surface area contributed by atoms with Gasteiger partial charge in [0.25, 0.3) is 10.1 Å². The van der Waals surface area contributed by atoms with E-state index in [4.69, 9.17) is 4.74 Å². The van der Waals surface area contributed by atoms with Crippen LogP contribution in [-0.4, -0.2) is 15.5 Å². The summed E-state index contributed by atoms with van der Waals surface area (Å²) in [6.07, 6.45) is 0. The van der Waals surface area contributed by atoms with Gasteiger partial charge in [-0.05, 0) is 12.1 Å². The van der Waals surface area contributed by atoms with Gasteiger partial charge in [0.1, 0.15) is 12.9 Å². The molecule has 0 spiro atoms. The zero-order chi connectivity index (χ0) is 9.90. The third-order valence-corrected chi connectivity index (χ3v) is 2.54. The van der Waals surface area contributed by atoms with Gasteiger partial charge in [0.05, 0.1) is 12.0 Å². The van der Waals surface area contributed by atoms with Gasteiger partial charge < -0.3 is 4.74 Å². The van der Waals surface area contributed by atoms with Crippen molar-refractivity contribution in [3.63, 3.8) is 0 Å². The fourth-order valence-electron chi connectivity index (χ4n) is 0.812. The normalized spacial score (nSPS) is 11.2. The molecular weight excluding hydrogens is 192 g/mol. The topological polar surface area (TPSA) is 52.6 Å². The largest absolute Gasteiger partial charge is 0.497 e. The number of hydrogen-bond acceptors (Lipinski definition) is 4. The van der Waals surface area contributed by atoms with Gasteiger partial charge in [0, 0.05) is 6.07 Å². The van der Waals surface area contributed by atoms with E-state index in [-0.39, 0.29) is 4.90 Å². The average Bonchev–Trinajstić information content (AvgIpc) is 2.18. The molecule has 13 heavy (non-hydrogen) atoms. The smallest absolute Gasteiger partial charge is 0.297 e. The number of rotatable bonds is 3. The van der Waals surface area contributed by atoms with E-state index in [2.05, 4.69) is 11.3 Å². The van der Waals surface area contributed by atoms with Crippen LogP contribution in [0, 0.1) is 7.11 Å². The van der Waals surface area contributed by atoms with Crippen molar-refractivity contribution in [1.29, 1.82) is 0 Å². The molecule has 0 heterocycles. The lowest BCUT2D eigenvalue weighted by molar-refractivity contribution is 0.411. The monoisotopic (exact) mass is 200 g/mol. The molecule has 0 aromatic heterocycles. The standard InChI is InChI=1S/C8H8O4S/c1-11-7-4-3-5-8(6-7)13(9,10)12-2/h2-6H,1H3. The second-order valence-electron chi connectivity index (χ2n) is 2.23. The van der Waals surface area contributed by atoms with Gasteiger partial charge >= 0.3 is 0 Å². The van der Waals surface area contributed by atoms with Crippen molar-refractivity contribution in [1.82, 2.24) is 0 Å². The molecule has 5 heteroatoms. The van der Waals surface area contributed by atoms with E-state index in [1.807, 2.05) is 0 Å². The van der Waals surface area contributed by atoms with E-state index in [0.717, 1.165) is 0 Å². The maximum absolute atomic E-state index is 11.1.